The zero-order chi connectivity index (χ0) is 17.6. The highest BCUT2D eigenvalue weighted by atomic mass is 16.2. The van der Waals surface area contributed by atoms with E-state index in [1.807, 2.05) is 24.0 Å². The van der Waals surface area contributed by atoms with Gasteiger partial charge in [0.25, 0.3) is 0 Å². The fourth-order valence-electron chi connectivity index (χ4n) is 3.76. The van der Waals surface area contributed by atoms with Crippen LogP contribution >= 0.6 is 0 Å². The number of hydrogen-bond acceptors (Lipinski definition) is 4. The zero-order valence-corrected chi connectivity index (χ0v) is 14.9. The minimum absolute atomic E-state index is 0.0353. The van der Waals surface area contributed by atoms with Crippen LogP contribution in [-0.2, 0) is 9.59 Å². The first kappa shape index (κ1) is 17.9. The summed E-state index contributed by atoms with van der Waals surface area (Å²) in [7, 11) is 0. The molecule has 2 amide bonds. The van der Waals surface area contributed by atoms with E-state index in [0.29, 0.717) is 12.5 Å². The maximum absolute atomic E-state index is 12.8. The Morgan fingerprint density at radius 1 is 1.40 bits per heavy atom. The van der Waals surface area contributed by atoms with Gasteiger partial charge in [0.15, 0.2) is 0 Å². The Labute approximate surface area is 149 Å². The van der Waals surface area contributed by atoms with Crippen molar-refractivity contribution in [2.24, 2.45) is 5.92 Å². The van der Waals surface area contributed by atoms with Crippen molar-refractivity contribution in [2.45, 2.75) is 44.6 Å². The van der Waals surface area contributed by atoms with Crippen LogP contribution in [0.2, 0.25) is 0 Å². The Balaban J connectivity index is 1.50. The predicted octanol–water partition coefficient (Wildman–Crippen LogP) is 1.29. The molecule has 0 saturated carbocycles. The van der Waals surface area contributed by atoms with E-state index in [-0.39, 0.29) is 23.8 Å². The van der Waals surface area contributed by atoms with Crippen LogP contribution in [0.15, 0.2) is 24.5 Å². The number of aromatic nitrogens is 1. The largest absolute Gasteiger partial charge is 0.354 e. The first-order valence-electron chi connectivity index (χ1n) is 9.35. The molecule has 0 bridgehead atoms. The summed E-state index contributed by atoms with van der Waals surface area (Å²) < 4.78 is 0. The number of pyridine rings is 1. The van der Waals surface area contributed by atoms with Crippen LogP contribution in [0.3, 0.4) is 0 Å². The van der Waals surface area contributed by atoms with Gasteiger partial charge in [0.1, 0.15) is 0 Å². The van der Waals surface area contributed by atoms with Gasteiger partial charge in [-0.15, -0.1) is 0 Å². The molecule has 25 heavy (non-hydrogen) atoms. The Kier molecular flexibility index (Phi) is 6.02. The van der Waals surface area contributed by atoms with Crippen molar-refractivity contribution in [3.05, 3.63) is 30.1 Å². The minimum atomic E-state index is -0.176. The lowest BCUT2D eigenvalue weighted by molar-refractivity contribution is -0.134. The third-order valence-electron chi connectivity index (χ3n) is 5.33. The van der Waals surface area contributed by atoms with Crippen molar-refractivity contribution in [1.82, 2.24) is 20.5 Å². The molecule has 0 aromatic carbocycles. The topological polar surface area (TPSA) is 74.3 Å². The van der Waals surface area contributed by atoms with Gasteiger partial charge in [0, 0.05) is 32.0 Å². The molecule has 6 nitrogen and oxygen atoms in total. The molecule has 2 aliphatic heterocycles. The summed E-state index contributed by atoms with van der Waals surface area (Å²) in [5.41, 5.74) is 0.954. The molecule has 136 valence electrons. The molecule has 0 aliphatic carbocycles. The number of likely N-dealkylation sites (tertiary alicyclic amines) is 1. The van der Waals surface area contributed by atoms with Crippen LogP contribution < -0.4 is 10.6 Å². The van der Waals surface area contributed by atoms with E-state index in [9.17, 15) is 9.59 Å². The van der Waals surface area contributed by atoms with E-state index < -0.39 is 0 Å². The van der Waals surface area contributed by atoms with Crippen LogP contribution in [0.4, 0.5) is 0 Å². The van der Waals surface area contributed by atoms with Crippen molar-refractivity contribution >= 4 is 11.8 Å². The molecular formula is C19H28N4O2. The molecule has 1 aromatic heterocycles. The van der Waals surface area contributed by atoms with Gasteiger partial charge in [-0.25, -0.2) is 0 Å². The van der Waals surface area contributed by atoms with E-state index in [1.165, 1.54) is 0 Å². The highest BCUT2D eigenvalue weighted by molar-refractivity contribution is 5.83. The molecule has 3 heterocycles. The molecule has 1 aromatic rings. The lowest BCUT2D eigenvalue weighted by Crippen LogP contribution is -2.47. The van der Waals surface area contributed by atoms with Gasteiger partial charge in [-0.05, 0) is 56.7 Å². The van der Waals surface area contributed by atoms with Gasteiger partial charge in [-0.1, -0.05) is 6.07 Å². The molecule has 3 rings (SSSR count). The molecular weight excluding hydrogens is 316 g/mol. The molecule has 0 radical (unpaired) electrons. The quantitative estimate of drug-likeness (QED) is 0.844. The smallest absolute Gasteiger partial charge is 0.237 e. The molecule has 2 fully saturated rings. The number of carbonyl (C=O) groups excluding carboxylic acids is 2. The van der Waals surface area contributed by atoms with E-state index in [4.69, 9.17) is 0 Å². The number of hydrogen-bond donors (Lipinski definition) is 2. The second-order valence-electron chi connectivity index (χ2n) is 7.19. The first-order valence-corrected chi connectivity index (χ1v) is 9.35. The van der Waals surface area contributed by atoms with Crippen molar-refractivity contribution < 1.29 is 9.59 Å². The standard InChI is InChI=1S/C19H28N4O2/c1-14(16-6-2-8-20-12-16)19(25)23-10-4-5-15(13-23)11-22-18(24)17-7-3-9-21-17/h2,6,8,12,14-15,17,21H,3-5,7,9-11,13H2,1H3,(H,22,24)/t14-,15+,17-/m0/s1. The predicted molar refractivity (Wildman–Crippen MR) is 96.0 cm³/mol. The van der Waals surface area contributed by atoms with Crippen LogP contribution in [-0.4, -0.2) is 53.9 Å². The van der Waals surface area contributed by atoms with Crippen LogP contribution in [0, 0.1) is 5.92 Å². The van der Waals surface area contributed by atoms with E-state index in [1.54, 1.807) is 12.4 Å². The number of nitrogens with zero attached hydrogens (tertiary/aromatic N) is 2. The van der Waals surface area contributed by atoms with E-state index in [0.717, 1.165) is 50.9 Å². The maximum atomic E-state index is 12.8. The highest BCUT2D eigenvalue weighted by Crippen LogP contribution is 2.22. The molecule has 6 heteroatoms. The van der Waals surface area contributed by atoms with Crippen LogP contribution in [0.25, 0.3) is 0 Å². The second kappa shape index (κ2) is 8.43. The van der Waals surface area contributed by atoms with Crippen molar-refractivity contribution in [3.63, 3.8) is 0 Å². The van der Waals surface area contributed by atoms with Gasteiger partial charge < -0.3 is 15.5 Å². The Morgan fingerprint density at radius 3 is 3.00 bits per heavy atom. The molecule has 0 spiro atoms. The minimum Gasteiger partial charge on any atom is -0.354 e. The maximum Gasteiger partial charge on any atom is 0.237 e. The molecule has 3 atom stereocenters. The van der Waals surface area contributed by atoms with Gasteiger partial charge >= 0.3 is 0 Å². The lowest BCUT2D eigenvalue weighted by Gasteiger charge is -2.34. The molecule has 2 aliphatic rings. The zero-order valence-electron chi connectivity index (χ0n) is 14.9. The summed E-state index contributed by atoms with van der Waals surface area (Å²) in [5, 5.41) is 6.29. The van der Waals surface area contributed by atoms with Gasteiger partial charge in [0.05, 0.1) is 12.0 Å². The van der Waals surface area contributed by atoms with Crippen molar-refractivity contribution in [3.8, 4) is 0 Å². The van der Waals surface area contributed by atoms with Gasteiger partial charge in [-0.2, -0.15) is 0 Å². The summed E-state index contributed by atoms with van der Waals surface area (Å²) in [6, 6.07) is 3.78. The van der Waals surface area contributed by atoms with Crippen LogP contribution in [0.1, 0.15) is 44.1 Å². The average molecular weight is 344 g/mol. The van der Waals surface area contributed by atoms with Gasteiger partial charge in [0.2, 0.25) is 11.8 Å². The summed E-state index contributed by atoms with van der Waals surface area (Å²) >= 11 is 0. The average Bonchev–Trinajstić information content (AvgIpc) is 3.21. The Hall–Kier alpha value is -1.95. The third-order valence-corrected chi connectivity index (χ3v) is 5.33. The SMILES string of the molecule is C[C@H](C(=O)N1CCC[C@H](CNC(=O)[C@@H]2CCCN2)C1)c1cccnc1. The van der Waals surface area contributed by atoms with E-state index >= 15 is 0 Å². The number of nitrogens with one attached hydrogen (secondary N) is 2. The number of carbonyl (C=O) groups is 2. The number of rotatable bonds is 5. The Bertz CT molecular complexity index is 586. The highest BCUT2D eigenvalue weighted by Gasteiger charge is 2.28. The van der Waals surface area contributed by atoms with E-state index in [2.05, 4.69) is 15.6 Å². The molecule has 0 unspecified atom stereocenters. The summed E-state index contributed by atoms with van der Waals surface area (Å²) in [5.74, 6) is 0.417. The number of amides is 2. The van der Waals surface area contributed by atoms with Gasteiger partial charge in [-0.3, -0.25) is 14.6 Å². The third kappa shape index (κ3) is 4.57. The summed E-state index contributed by atoms with van der Waals surface area (Å²) in [4.78, 5) is 31.0. The lowest BCUT2D eigenvalue weighted by atomic mass is 9.95. The van der Waals surface area contributed by atoms with Crippen molar-refractivity contribution in [2.75, 3.05) is 26.2 Å². The van der Waals surface area contributed by atoms with Crippen molar-refractivity contribution in [1.29, 1.82) is 0 Å². The second-order valence-corrected chi connectivity index (χ2v) is 7.19. The summed E-state index contributed by atoms with van der Waals surface area (Å²) in [6.07, 6.45) is 7.52. The first-order chi connectivity index (χ1) is 12.1. The molecule has 2 N–H and O–H groups in total. The van der Waals surface area contributed by atoms with Crippen LogP contribution in [0.5, 0.6) is 0 Å². The monoisotopic (exact) mass is 344 g/mol. The number of piperidine rings is 1. The Morgan fingerprint density at radius 2 is 2.28 bits per heavy atom. The normalized spacial score (nSPS) is 24.8. The fourth-order valence-corrected chi connectivity index (χ4v) is 3.76. The summed E-state index contributed by atoms with van der Waals surface area (Å²) in [6.45, 7) is 5.05. The fraction of sp³-hybridized carbons (Fsp3) is 0.632. The molecule has 2 saturated heterocycles.